The lowest BCUT2D eigenvalue weighted by atomic mass is 10.0. The molecular weight excluding hydrogens is 451 g/mol. The molecule has 4 N–H and O–H groups in total. The number of halogens is 2. The van der Waals surface area contributed by atoms with Gasteiger partial charge in [0.2, 0.25) is 0 Å². The second-order valence-corrected chi connectivity index (χ2v) is 7.52. The van der Waals surface area contributed by atoms with Gasteiger partial charge in [0.15, 0.2) is 5.82 Å². The molecule has 0 aliphatic rings. The highest BCUT2D eigenvalue weighted by molar-refractivity contribution is 9.10. The van der Waals surface area contributed by atoms with Crippen LogP contribution in [0.5, 0.6) is 0 Å². The maximum Gasteiger partial charge on any atom is 0.323 e. The fourth-order valence-electron chi connectivity index (χ4n) is 3.27. The fourth-order valence-corrected chi connectivity index (χ4v) is 3.60. The summed E-state index contributed by atoms with van der Waals surface area (Å²) in [4.78, 5) is 16.3. The molecule has 0 spiro atoms. The molecular formula is C21H18BrFN6O. The van der Waals surface area contributed by atoms with Crippen molar-refractivity contribution < 1.29 is 9.18 Å². The minimum absolute atomic E-state index is 0.0932. The van der Waals surface area contributed by atoms with Gasteiger partial charge in [-0.3, -0.25) is 0 Å². The van der Waals surface area contributed by atoms with Crippen molar-refractivity contribution in [3.05, 3.63) is 70.8 Å². The van der Waals surface area contributed by atoms with Crippen molar-refractivity contribution in [2.45, 2.75) is 13.3 Å². The Morgan fingerprint density at radius 1 is 1.20 bits per heavy atom. The molecule has 0 saturated carbocycles. The van der Waals surface area contributed by atoms with Gasteiger partial charge in [0.1, 0.15) is 17.7 Å². The first kappa shape index (κ1) is 19.8. The SMILES string of the molecule is CCc1cn2ncnc(N)c2c1-c1ccc(NC(=O)Nc2ccc(Br)cc2F)cc1. The van der Waals surface area contributed by atoms with Crippen LogP contribution in [0.2, 0.25) is 0 Å². The molecule has 0 unspecified atom stereocenters. The standard InChI is InChI=1S/C21H18BrFN6O/c1-2-12-10-29-19(20(24)25-11-26-29)18(12)13-3-6-15(7-4-13)27-21(30)28-17-8-5-14(22)9-16(17)23/h3-11H,2H2,1H3,(H2,24,25,26)(H2,27,28,30). The molecule has 0 aliphatic heterocycles. The lowest BCUT2D eigenvalue weighted by Gasteiger charge is -2.10. The van der Waals surface area contributed by atoms with E-state index in [1.54, 1.807) is 22.7 Å². The van der Waals surface area contributed by atoms with Gasteiger partial charge in [0, 0.05) is 21.9 Å². The molecule has 0 fully saturated rings. The zero-order valence-electron chi connectivity index (χ0n) is 16.0. The van der Waals surface area contributed by atoms with E-state index >= 15 is 0 Å². The number of benzene rings is 2. The van der Waals surface area contributed by atoms with Gasteiger partial charge in [-0.15, -0.1) is 0 Å². The number of nitrogens with zero attached hydrogens (tertiary/aromatic N) is 3. The summed E-state index contributed by atoms with van der Waals surface area (Å²) in [5.41, 5.74) is 10.5. The maximum absolute atomic E-state index is 13.9. The predicted octanol–water partition coefficient (Wildman–Crippen LogP) is 5.09. The average Bonchev–Trinajstić information content (AvgIpc) is 3.11. The molecule has 4 rings (SSSR count). The number of anilines is 3. The van der Waals surface area contributed by atoms with Crippen LogP contribution in [-0.2, 0) is 6.42 Å². The predicted molar refractivity (Wildman–Crippen MR) is 119 cm³/mol. The number of aryl methyl sites for hydroxylation is 1. The van der Waals surface area contributed by atoms with Crippen molar-refractivity contribution in [1.82, 2.24) is 14.6 Å². The van der Waals surface area contributed by atoms with E-state index in [0.717, 1.165) is 28.6 Å². The number of urea groups is 1. The van der Waals surface area contributed by atoms with E-state index in [1.807, 2.05) is 18.3 Å². The van der Waals surface area contributed by atoms with Gasteiger partial charge in [-0.25, -0.2) is 18.7 Å². The Labute approximate surface area is 180 Å². The van der Waals surface area contributed by atoms with Gasteiger partial charge < -0.3 is 16.4 Å². The van der Waals surface area contributed by atoms with Crippen LogP contribution in [0, 0.1) is 5.82 Å². The van der Waals surface area contributed by atoms with E-state index in [2.05, 4.69) is 43.6 Å². The van der Waals surface area contributed by atoms with Crippen LogP contribution in [-0.4, -0.2) is 20.6 Å². The average molecular weight is 469 g/mol. The lowest BCUT2D eigenvalue weighted by molar-refractivity contribution is 0.262. The van der Waals surface area contributed by atoms with E-state index in [9.17, 15) is 9.18 Å². The van der Waals surface area contributed by atoms with E-state index in [-0.39, 0.29) is 5.69 Å². The molecule has 9 heteroatoms. The lowest BCUT2D eigenvalue weighted by Crippen LogP contribution is -2.20. The molecule has 7 nitrogen and oxygen atoms in total. The van der Waals surface area contributed by atoms with Crippen LogP contribution in [0.3, 0.4) is 0 Å². The first-order chi connectivity index (χ1) is 14.5. The zero-order chi connectivity index (χ0) is 21.3. The smallest absolute Gasteiger partial charge is 0.323 e. The summed E-state index contributed by atoms with van der Waals surface area (Å²) in [5.74, 6) is -0.125. The van der Waals surface area contributed by atoms with Crippen LogP contribution >= 0.6 is 15.9 Å². The van der Waals surface area contributed by atoms with Crippen LogP contribution in [0.25, 0.3) is 16.6 Å². The molecule has 2 heterocycles. The molecule has 0 radical (unpaired) electrons. The molecule has 0 bridgehead atoms. The van der Waals surface area contributed by atoms with E-state index in [1.165, 1.54) is 18.5 Å². The minimum atomic E-state index is -0.537. The van der Waals surface area contributed by atoms with Crippen LogP contribution in [0.1, 0.15) is 12.5 Å². The van der Waals surface area contributed by atoms with Crippen molar-refractivity contribution in [3.63, 3.8) is 0 Å². The summed E-state index contributed by atoms with van der Waals surface area (Å²) in [7, 11) is 0. The Balaban J connectivity index is 1.56. The van der Waals surface area contributed by atoms with Crippen LogP contribution in [0.15, 0.2) is 59.5 Å². The first-order valence-electron chi connectivity index (χ1n) is 9.20. The molecule has 30 heavy (non-hydrogen) atoms. The highest BCUT2D eigenvalue weighted by atomic mass is 79.9. The quantitative estimate of drug-likeness (QED) is 0.388. The third kappa shape index (κ3) is 3.84. The van der Waals surface area contributed by atoms with Crippen molar-refractivity contribution in [1.29, 1.82) is 0 Å². The fraction of sp³-hybridized carbons (Fsp3) is 0.0952. The molecule has 0 atom stereocenters. The Kier molecular flexibility index (Phi) is 5.37. The monoisotopic (exact) mass is 468 g/mol. The summed E-state index contributed by atoms with van der Waals surface area (Å²) < 4.78 is 16.2. The van der Waals surface area contributed by atoms with E-state index in [4.69, 9.17) is 5.73 Å². The molecule has 152 valence electrons. The second kappa shape index (κ2) is 8.11. The number of rotatable bonds is 4. The summed E-state index contributed by atoms with van der Waals surface area (Å²) in [6, 6.07) is 11.2. The normalized spacial score (nSPS) is 10.9. The van der Waals surface area contributed by atoms with Gasteiger partial charge in [-0.2, -0.15) is 5.10 Å². The highest BCUT2D eigenvalue weighted by Crippen LogP contribution is 2.33. The van der Waals surface area contributed by atoms with Crippen LogP contribution < -0.4 is 16.4 Å². The Morgan fingerprint density at radius 2 is 1.97 bits per heavy atom. The number of hydrogen-bond acceptors (Lipinski definition) is 4. The third-order valence-electron chi connectivity index (χ3n) is 4.67. The largest absolute Gasteiger partial charge is 0.382 e. The van der Waals surface area contributed by atoms with Crippen LogP contribution in [0.4, 0.5) is 26.4 Å². The Bertz CT molecular complexity index is 1240. The maximum atomic E-state index is 13.9. The van der Waals surface area contributed by atoms with Crippen molar-refractivity contribution in [3.8, 4) is 11.1 Å². The van der Waals surface area contributed by atoms with Gasteiger partial charge >= 0.3 is 6.03 Å². The molecule has 2 aromatic carbocycles. The number of amides is 2. The third-order valence-corrected chi connectivity index (χ3v) is 5.17. The molecule has 2 aromatic heterocycles. The van der Waals surface area contributed by atoms with Gasteiger partial charge in [-0.1, -0.05) is 35.0 Å². The number of hydrogen-bond donors (Lipinski definition) is 3. The number of nitrogen functional groups attached to an aromatic ring is 1. The van der Waals surface area contributed by atoms with Crippen molar-refractivity contribution in [2.24, 2.45) is 0 Å². The Morgan fingerprint density at radius 3 is 2.67 bits per heavy atom. The summed E-state index contributed by atoms with van der Waals surface area (Å²) in [6.45, 7) is 2.06. The number of fused-ring (bicyclic) bond motifs is 1. The first-order valence-corrected chi connectivity index (χ1v) is 9.99. The topological polar surface area (TPSA) is 97.3 Å². The van der Waals surface area contributed by atoms with Gasteiger partial charge in [0.25, 0.3) is 0 Å². The summed E-state index contributed by atoms with van der Waals surface area (Å²) in [6.07, 6.45) is 4.17. The number of carbonyl (C=O) groups is 1. The molecule has 0 aliphatic carbocycles. The second-order valence-electron chi connectivity index (χ2n) is 6.60. The van der Waals surface area contributed by atoms with E-state index < -0.39 is 11.8 Å². The summed E-state index contributed by atoms with van der Waals surface area (Å²) in [5, 5.41) is 9.43. The zero-order valence-corrected chi connectivity index (χ0v) is 17.6. The minimum Gasteiger partial charge on any atom is -0.382 e. The molecule has 0 saturated heterocycles. The highest BCUT2D eigenvalue weighted by Gasteiger charge is 2.15. The molecule has 4 aromatic rings. The Hall–Kier alpha value is -3.46. The van der Waals surface area contributed by atoms with Crippen molar-refractivity contribution in [2.75, 3.05) is 16.4 Å². The number of nitrogens with one attached hydrogen (secondary N) is 2. The van der Waals surface area contributed by atoms with Gasteiger partial charge in [0.05, 0.1) is 5.69 Å². The number of nitrogens with two attached hydrogens (primary N) is 1. The van der Waals surface area contributed by atoms with E-state index in [0.29, 0.717) is 16.0 Å². The summed E-state index contributed by atoms with van der Waals surface area (Å²) >= 11 is 3.18. The van der Waals surface area contributed by atoms with Crippen molar-refractivity contribution >= 4 is 44.7 Å². The molecule has 2 amide bonds. The number of carbonyl (C=O) groups excluding carboxylic acids is 1. The number of aromatic nitrogens is 3. The van der Waals surface area contributed by atoms with Gasteiger partial charge in [-0.05, 0) is 47.9 Å².